The Morgan fingerprint density at radius 1 is 1.03 bits per heavy atom. The lowest BCUT2D eigenvalue weighted by atomic mass is 10.0. The van der Waals surface area contributed by atoms with Crippen molar-refractivity contribution in [2.45, 2.75) is 6.42 Å². The second kappa shape index (κ2) is 8.36. The largest absolute Gasteiger partial charge is 0.494 e. The van der Waals surface area contributed by atoms with Crippen LogP contribution in [0.15, 0.2) is 55.2 Å². The smallest absolute Gasteiger partial charge is 0.142 e. The van der Waals surface area contributed by atoms with Crippen molar-refractivity contribution in [2.24, 2.45) is 0 Å². The summed E-state index contributed by atoms with van der Waals surface area (Å²) in [5, 5.41) is 0.693. The molecule has 7 heteroatoms. The van der Waals surface area contributed by atoms with Gasteiger partial charge in [0.2, 0.25) is 0 Å². The Hall–Kier alpha value is -3.32. The standard InChI is InChI=1S/C22H22FN5O/c1-28(2)8-3-9-29-18-6-4-15(5-7-18)21-20(16-11-24-14-25-12-16)19-10-17(23)13-26-22(19)27-21/h4-7,10-14H,3,8-9H2,1-2H3,(H,26,27). The highest BCUT2D eigenvalue weighted by molar-refractivity contribution is 6.02. The van der Waals surface area contributed by atoms with E-state index in [1.54, 1.807) is 12.4 Å². The molecule has 0 saturated heterocycles. The molecule has 0 radical (unpaired) electrons. The van der Waals surface area contributed by atoms with Gasteiger partial charge in [0.15, 0.2) is 0 Å². The Labute approximate surface area is 168 Å². The predicted octanol–water partition coefficient (Wildman–Crippen LogP) is 4.16. The number of pyridine rings is 1. The minimum atomic E-state index is -0.386. The maximum Gasteiger partial charge on any atom is 0.142 e. The summed E-state index contributed by atoms with van der Waals surface area (Å²) in [6.45, 7) is 1.65. The maximum absolute atomic E-state index is 13.9. The van der Waals surface area contributed by atoms with Gasteiger partial charge >= 0.3 is 0 Å². The summed E-state index contributed by atoms with van der Waals surface area (Å²) in [5.74, 6) is 0.431. The Morgan fingerprint density at radius 2 is 1.79 bits per heavy atom. The third-order valence-corrected chi connectivity index (χ3v) is 4.63. The van der Waals surface area contributed by atoms with Crippen molar-refractivity contribution >= 4 is 11.0 Å². The van der Waals surface area contributed by atoms with Crippen LogP contribution in [-0.2, 0) is 0 Å². The number of H-pyrrole nitrogens is 1. The molecule has 0 atom stereocenters. The molecule has 0 amide bonds. The number of aromatic amines is 1. The van der Waals surface area contributed by atoms with Gasteiger partial charge in [0.05, 0.1) is 18.5 Å². The zero-order valence-electron chi connectivity index (χ0n) is 16.4. The van der Waals surface area contributed by atoms with Crippen LogP contribution < -0.4 is 4.74 Å². The lowest BCUT2D eigenvalue weighted by Gasteiger charge is -2.11. The second-order valence-corrected chi connectivity index (χ2v) is 7.08. The van der Waals surface area contributed by atoms with Crippen molar-refractivity contribution in [2.75, 3.05) is 27.2 Å². The van der Waals surface area contributed by atoms with Crippen LogP contribution in [0.1, 0.15) is 6.42 Å². The van der Waals surface area contributed by atoms with Gasteiger partial charge in [-0.15, -0.1) is 0 Å². The average Bonchev–Trinajstić information content (AvgIpc) is 3.10. The first-order chi connectivity index (χ1) is 14.1. The predicted molar refractivity (Wildman–Crippen MR) is 111 cm³/mol. The number of fused-ring (bicyclic) bond motifs is 1. The van der Waals surface area contributed by atoms with Gasteiger partial charge in [-0.3, -0.25) is 0 Å². The van der Waals surface area contributed by atoms with Crippen molar-refractivity contribution in [3.05, 3.63) is 61.1 Å². The van der Waals surface area contributed by atoms with E-state index in [0.717, 1.165) is 41.1 Å². The van der Waals surface area contributed by atoms with Crippen LogP contribution in [0.25, 0.3) is 33.4 Å². The van der Waals surface area contributed by atoms with Gasteiger partial charge in [-0.25, -0.2) is 19.3 Å². The van der Waals surface area contributed by atoms with E-state index in [-0.39, 0.29) is 5.82 Å². The number of hydrogen-bond acceptors (Lipinski definition) is 5. The number of nitrogens with one attached hydrogen (secondary N) is 1. The third-order valence-electron chi connectivity index (χ3n) is 4.63. The topological polar surface area (TPSA) is 66.9 Å². The molecule has 3 heterocycles. The van der Waals surface area contributed by atoms with Gasteiger partial charge < -0.3 is 14.6 Å². The van der Waals surface area contributed by atoms with Gasteiger partial charge in [-0.1, -0.05) is 0 Å². The number of hydrogen-bond donors (Lipinski definition) is 1. The van der Waals surface area contributed by atoms with Crippen LogP contribution >= 0.6 is 0 Å². The van der Waals surface area contributed by atoms with E-state index in [1.165, 1.54) is 18.6 Å². The summed E-state index contributed by atoms with van der Waals surface area (Å²) >= 11 is 0. The van der Waals surface area contributed by atoms with Gasteiger partial charge in [-0.05, 0) is 56.4 Å². The monoisotopic (exact) mass is 391 g/mol. The van der Waals surface area contributed by atoms with Crippen molar-refractivity contribution < 1.29 is 9.13 Å². The quantitative estimate of drug-likeness (QED) is 0.479. The normalized spacial score (nSPS) is 11.3. The van der Waals surface area contributed by atoms with Crippen molar-refractivity contribution in [3.8, 4) is 28.1 Å². The van der Waals surface area contributed by atoms with Gasteiger partial charge in [0.25, 0.3) is 0 Å². The number of benzene rings is 1. The van der Waals surface area contributed by atoms with Crippen LogP contribution in [0, 0.1) is 5.82 Å². The van der Waals surface area contributed by atoms with Gasteiger partial charge in [0.1, 0.15) is 23.5 Å². The molecule has 0 aliphatic rings. The molecule has 0 fully saturated rings. The molecule has 0 saturated carbocycles. The number of halogens is 1. The fraction of sp³-hybridized carbons (Fsp3) is 0.227. The molecule has 0 aliphatic heterocycles. The van der Waals surface area contributed by atoms with Gasteiger partial charge in [-0.2, -0.15) is 0 Å². The Morgan fingerprint density at radius 3 is 2.52 bits per heavy atom. The molecule has 148 valence electrons. The molecule has 4 rings (SSSR count). The fourth-order valence-electron chi connectivity index (χ4n) is 3.28. The fourth-order valence-corrected chi connectivity index (χ4v) is 3.28. The molecular formula is C22H22FN5O. The summed E-state index contributed by atoms with van der Waals surface area (Å²) < 4.78 is 19.7. The second-order valence-electron chi connectivity index (χ2n) is 7.08. The molecule has 4 aromatic rings. The highest BCUT2D eigenvalue weighted by atomic mass is 19.1. The van der Waals surface area contributed by atoms with Crippen LogP contribution in [-0.4, -0.2) is 52.1 Å². The summed E-state index contributed by atoms with van der Waals surface area (Å²) in [6, 6.07) is 9.32. The third kappa shape index (κ3) is 4.25. The molecule has 1 N–H and O–H groups in total. The van der Waals surface area contributed by atoms with E-state index in [1.807, 2.05) is 38.4 Å². The zero-order chi connectivity index (χ0) is 20.2. The number of ether oxygens (including phenoxy) is 1. The highest BCUT2D eigenvalue weighted by Crippen LogP contribution is 2.37. The van der Waals surface area contributed by atoms with Gasteiger partial charge in [0, 0.05) is 35.5 Å². The van der Waals surface area contributed by atoms with Crippen LogP contribution in [0.4, 0.5) is 4.39 Å². The van der Waals surface area contributed by atoms with Crippen LogP contribution in [0.5, 0.6) is 5.75 Å². The lowest BCUT2D eigenvalue weighted by Crippen LogP contribution is -2.15. The minimum absolute atomic E-state index is 0.386. The maximum atomic E-state index is 13.9. The van der Waals surface area contributed by atoms with E-state index in [9.17, 15) is 4.39 Å². The van der Waals surface area contributed by atoms with E-state index < -0.39 is 0 Å². The van der Waals surface area contributed by atoms with E-state index in [2.05, 4.69) is 24.8 Å². The Bertz CT molecular complexity index is 1090. The SMILES string of the molecule is CN(C)CCCOc1ccc(-c2[nH]c3ncc(F)cc3c2-c2cncnc2)cc1. The highest BCUT2D eigenvalue weighted by Gasteiger charge is 2.17. The number of nitrogens with zero attached hydrogens (tertiary/aromatic N) is 4. The molecular weight excluding hydrogens is 369 g/mol. The molecule has 6 nitrogen and oxygen atoms in total. The zero-order valence-corrected chi connectivity index (χ0v) is 16.4. The summed E-state index contributed by atoms with van der Waals surface area (Å²) in [6.07, 6.45) is 7.07. The minimum Gasteiger partial charge on any atom is -0.494 e. The summed E-state index contributed by atoms with van der Waals surface area (Å²) in [7, 11) is 4.09. The summed E-state index contributed by atoms with van der Waals surface area (Å²) in [4.78, 5) is 17.9. The van der Waals surface area contributed by atoms with E-state index in [4.69, 9.17) is 4.74 Å². The van der Waals surface area contributed by atoms with E-state index in [0.29, 0.717) is 17.6 Å². The summed E-state index contributed by atoms with van der Waals surface area (Å²) in [5.41, 5.74) is 4.02. The van der Waals surface area contributed by atoms with Crippen LogP contribution in [0.2, 0.25) is 0 Å². The van der Waals surface area contributed by atoms with Crippen molar-refractivity contribution in [3.63, 3.8) is 0 Å². The number of aromatic nitrogens is 4. The molecule has 0 spiro atoms. The molecule has 0 unspecified atom stereocenters. The Kier molecular flexibility index (Phi) is 5.48. The van der Waals surface area contributed by atoms with Crippen molar-refractivity contribution in [1.29, 1.82) is 0 Å². The molecule has 29 heavy (non-hydrogen) atoms. The molecule has 3 aromatic heterocycles. The van der Waals surface area contributed by atoms with Crippen molar-refractivity contribution in [1.82, 2.24) is 24.8 Å². The molecule has 0 bridgehead atoms. The number of rotatable bonds is 7. The Balaban J connectivity index is 1.67. The first kappa shape index (κ1) is 19.0. The molecule has 1 aromatic carbocycles. The first-order valence-corrected chi connectivity index (χ1v) is 9.42. The lowest BCUT2D eigenvalue weighted by molar-refractivity contribution is 0.281. The van der Waals surface area contributed by atoms with E-state index >= 15 is 0 Å². The molecule has 0 aliphatic carbocycles. The average molecular weight is 391 g/mol. The van der Waals surface area contributed by atoms with Crippen LogP contribution in [0.3, 0.4) is 0 Å². The first-order valence-electron chi connectivity index (χ1n) is 9.42.